The van der Waals surface area contributed by atoms with Crippen LogP contribution in [0.1, 0.15) is 15.9 Å². The van der Waals surface area contributed by atoms with Crippen molar-refractivity contribution in [1.29, 1.82) is 0 Å². The number of phenols is 1. The van der Waals surface area contributed by atoms with Crippen LogP contribution in [-0.2, 0) is 16.6 Å². The lowest BCUT2D eigenvalue weighted by molar-refractivity contribution is -0.132. The van der Waals surface area contributed by atoms with Crippen LogP contribution in [0.25, 0.3) is 33.5 Å². The van der Waals surface area contributed by atoms with Crippen molar-refractivity contribution in [3.05, 3.63) is 90.2 Å². The average molecular weight is 510 g/mol. The number of nitrogens with zero attached hydrogens (tertiary/aromatic N) is 1. The molecule has 2 aromatic heterocycles. The van der Waals surface area contributed by atoms with Gasteiger partial charge in [-0.3, -0.25) is 9.59 Å². The fourth-order valence-corrected chi connectivity index (χ4v) is 4.55. The summed E-state index contributed by atoms with van der Waals surface area (Å²) in [5.74, 6) is -2.57. The summed E-state index contributed by atoms with van der Waals surface area (Å²) in [5, 5.41) is 25.4. The van der Waals surface area contributed by atoms with Gasteiger partial charge in [-0.1, -0.05) is 24.3 Å². The Bertz CT molecular complexity index is 1720. The number of aromatic nitrogens is 1. The molecule has 0 radical (unpaired) electrons. The van der Waals surface area contributed by atoms with Crippen LogP contribution in [0, 0.1) is 6.92 Å². The Morgan fingerprint density at radius 2 is 1.47 bits per heavy atom. The van der Waals surface area contributed by atoms with E-state index in [1.165, 1.54) is 12.1 Å². The number of benzene rings is 3. The predicted molar refractivity (Wildman–Crippen MR) is 143 cm³/mol. The van der Waals surface area contributed by atoms with E-state index >= 15 is 0 Å². The number of carboxylic acid groups (broad SMARTS) is 1. The highest BCUT2D eigenvalue weighted by Crippen LogP contribution is 2.36. The first-order valence-corrected chi connectivity index (χ1v) is 11.6. The average Bonchev–Trinajstić information content (AvgIpc) is 3.51. The number of hydrogen-bond donors (Lipinski definition) is 4. The molecule has 0 spiro atoms. The Balaban J connectivity index is 1.38. The zero-order valence-corrected chi connectivity index (χ0v) is 20.5. The number of fused-ring (bicyclic) bond motifs is 1. The number of amides is 2. The second-order valence-electron chi connectivity index (χ2n) is 8.77. The Morgan fingerprint density at radius 1 is 0.842 bits per heavy atom. The number of carboxylic acids is 1. The van der Waals surface area contributed by atoms with Crippen molar-refractivity contribution >= 4 is 40.1 Å². The van der Waals surface area contributed by atoms with Crippen LogP contribution in [0.2, 0.25) is 0 Å². The number of hydrogen-bond acceptors (Lipinski definition) is 5. The maximum Gasteiger partial charge on any atom is 0.339 e. The molecule has 2 heterocycles. The highest BCUT2D eigenvalue weighted by Gasteiger charge is 2.20. The van der Waals surface area contributed by atoms with Gasteiger partial charge in [0.05, 0.1) is 17.5 Å². The van der Waals surface area contributed by atoms with Crippen LogP contribution in [0.5, 0.6) is 5.75 Å². The topological polar surface area (TPSA) is 134 Å². The number of aromatic carboxylic acids is 1. The van der Waals surface area contributed by atoms with E-state index in [-0.39, 0.29) is 11.3 Å². The molecule has 0 aliphatic rings. The summed E-state index contributed by atoms with van der Waals surface area (Å²) in [5.41, 5.74) is 4.41. The molecule has 0 saturated heterocycles. The van der Waals surface area contributed by atoms with Crippen molar-refractivity contribution in [2.45, 2.75) is 6.92 Å². The van der Waals surface area contributed by atoms with Gasteiger partial charge in [-0.15, -0.1) is 0 Å². The quantitative estimate of drug-likeness (QED) is 0.235. The zero-order chi connectivity index (χ0) is 27.0. The first-order chi connectivity index (χ1) is 18.2. The lowest BCUT2D eigenvalue weighted by atomic mass is 10.0. The van der Waals surface area contributed by atoms with Gasteiger partial charge in [0.15, 0.2) is 0 Å². The summed E-state index contributed by atoms with van der Waals surface area (Å²) in [6.07, 6.45) is 1.55. The number of nitrogens with one attached hydrogen (secondary N) is 2. The van der Waals surface area contributed by atoms with Gasteiger partial charge in [0.2, 0.25) is 0 Å². The van der Waals surface area contributed by atoms with Gasteiger partial charge in [0.1, 0.15) is 17.1 Å². The summed E-state index contributed by atoms with van der Waals surface area (Å²) in [6, 6.07) is 20.4. The monoisotopic (exact) mass is 509 g/mol. The van der Waals surface area contributed by atoms with Gasteiger partial charge >= 0.3 is 17.8 Å². The smallest absolute Gasteiger partial charge is 0.339 e. The summed E-state index contributed by atoms with van der Waals surface area (Å²) in [4.78, 5) is 36.7. The van der Waals surface area contributed by atoms with Crippen molar-refractivity contribution in [2.75, 3.05) is 10.6 Å². The number of carbonyl (C=O) groups is 3. The van der Waals surface area contributed by atoms with Crippen molar-refractivity contribution in [2.24, 2.45) is 7.05 Å². The van der Waals surface area contributed by atoms with E-state index in [9.17, 15) is 24.6 Å². The van der Waals surface area contributed by atoms with Crippen LogP contribution < -0.4 is 10.6 Å². The summed E-state index contributed by atoms with van der Waals surface area (Å²) in [7, 11) is 1.81. The number of rotatable bonds is 5. The molecule has 0 fully saturated rings. The molecule has 9 nitrogen and oxygen atoms in total. The van der Waals surface area contributed by atoms with Crippen LogP contribution in [-0.4, -0.2) is 32.6 Å². The van der Waals surface area contributed by atoms with Crippen LogP contribution in [0.4, 0.5) is 11.4 Å². The minimum Gasteiger partial charge on any atom is -0.507 e. The standard InChI is InChI=1S/C29H23N3O6/c1-16-21-14-22(29(36)37)24(33)15-23(21)32(2)26(16)18-7-4-9-20(13-18)31-28(35)27(34)30-19-8-3-6-17(12-19)25-10-5-11-38-25/h3-15,33H,1-2H3,(H,30,34)(H,31,35)(H,36,37). The van der Waals surface area contributed by atoms with E-state index in [4.69, 9.17) is 4.42 Å². The number of aryl methyl sites for hydroxylation is 2. The fraction of sp³-hybridized carbons (Fsp3) is 0.0690. The summed E-state index contributed by atoms with van der Waals surface area (Å²) >= 11 is 0. The van der Waals surface area contributed by atoms with Gasteiger partial charge in [0.25, 0.3) is 0 Å². The molecule has 5 aromatic rings. The van der Waals surface area contributed by atoms with Gasteiger partial charge in [0, 0.05) is 41.0 Å². The van der Waals surface area contributed by atoms with Crippen molar-refractivity contribution in [3.8, 4) is 28.3 Å². The molecule has 190 valence electrons. The molecule has 38 heavy (non-hydrogen) atoms. The van der Waals surface area contributed by atoms with Crippen molar-refractivity contribution in [3.63, 3.8) is 0 Å². The van der Waals surface area contributed by atoms with E-state index in [2.05, 4.69) is 10.6 Å². The molecule has 4 N–H and O–H groups in total. The maximum atomic E-state index is 12.7. The molecule has 0 saturated carbocycles. The van der Waals surface area contributed by atoms with Gasteiger partial charge in [-0.25, -0.2) is 4.79 Å². The van der Waals surface area contributed by atoms with E-state index in [1.54, 1.807) is 61.8 Å². The number of carbonyl (C=O) groups excluding carboxylic acids is 2. The maximum absolute atomic E-state index is 12.7. The van der Waals surface area contributed by atoms with Crippen LogP contribution in [0.3, 0.4) is 0 Å². The third kappa shape index (κ3) is 4.48. The van der Waals surface area contributed by atoms with Crippen molar-refractivity contribution < 1.29 is 29.0 Å². The lowest BCUT2D eigenvalue weighted by Gasteiger charge is -2.10. The third-order valence-electron chi connectivity index (χ3n) is 6.33. The van der Waals surface area contributed by atoms with Crippen molar-refractivity contribution in [1.82, 2.24) is 4.57 Å². The van der Waals surface area contributed by atoms with Crippen LogP contribution >= 0.6 is 0 Å². The van der Waals surface area contributed by atoms with Gasteiger partial charge < -0.3 is 29.8 Å². The minimum atomic E-state index is -1.22. The molecule has 0 unspecified atom stereocenters. The molecular formula is C29H23N3O6. The molecule has 5 rings (SSSR count). The summed E-state index contributed by atoms with van der Waals surface area (Å²) < 4.78 is 7.22. The molecule has 0 atom stereocenters. The summed E-state index contributed by atoms with van der Waals surface area (Å²) in [6.45, 7) is 1.86. The second-order valence-corrected chi connectivity index (χ2v) is 8.77. The zero-order valence-electron chi connectivity index (χ0n) is 20.5. The Kier molecular flexibility index (Phi) is 6.18. The van der Waals surface area contributed by atoms with Gasteiger partial charge in [-0.05, 0) is 55.0 Å². The second kappa shape index (κ2) is 9.62. The van der Waals surface area contributed by atoms with E-state index < -0.39 is 17.8 Å². The molecular weight excluding hydrogens is 486 g/mol. The van der Waals surface area contributed by atoms with E-state index in [1.807, 2.05) is 23.6 Å². The van der Waals surface area contributed by atoms with E-state index in [0.717, 1.165) is 22.4 Å². The number of anilines is 2. The Labute approximate surface area is 216 Å². The molecule has 0 aliphatic carbocycles. The highest BCUT2D eigenvalue weighted by molar-refractivity contribution is 6.43. The molecule has 2 amide bonds. The Morgan fingerprint density at radius 3 is 2.08 bits per heavy atom. The van der Waals surface area contributed by atoms with E-state index in [0.29, 0.717) is 28.0 Å². The molecule has 0 bridgehead atoms. The third-order valence-corrected chi connectivity index (χ3v) is 6.33. The molecule has 3 aromatic carbocycles. The molecule has 9 heteroatoms. The normalized spacial score (nSPS) is 10.9. The number of furan rings is 1. The fourth-order valence-electron chi connectivity index (χ4n) is 4.55. The minimum absolute atomic E-state index is 0.181. The molecule has 0 aliphatic heterocycles. The first-order valence-electron chi connectivity index (χ1n) is 11.6. The Hall–Kier alpha value is -5.31. The number of aromatic hydroxyl groups is 1. The SMILES string of the molecule is Cc1c(-c2cccc(NC(=O)C(=O)Nc3cccc(-c4ccco4)c3)c2)n(C)c2cc(O)c(C(=O)O)cc12. The highest BCUT2D eigenvalue weighted by atomic mass is 16.4. The van der Waals surface area contributed by atoms with Crippen LogP contribution in [0.15, 0.2) is 83.5 Å². The van der Waals surface area contributed by atoms with Gasteiger partial charge in [-0.2, -0.15) is 0 Å². The lowest BCUT2D eigenvalue weighted by Crippen LogP contribution is -2.29. The predicted octanol–water partition coefficient (Wildman–Crippen LogP) is 5.39. The largest absolute Gasteiger partial charge is 0.507 e. The first kappa shape index (κ1) is 24.4.